The number of hydrogen-bond donors (Lipinski definition) is 0. The predicted molar refractivity (Wildman–Crippen MR) is 71.8 cm³/mol. The maximum atomic E-state index is 12.4. The Morgan fingerprint density at radius 2 is 1.95 bits per heavy atom. The third-order valence-electron chi connectivity index (χ3n) is 4.58. The van der Waals surface area contributed by atoms with E-state index < -0.39 is 17.1 Å². The molecular weight excluding hydrogens is 260 g/mol. The van der Waals surface area contributed by atoms with Crippen molar-refractivity contribution in [2.75, 3.05) is 21.3 Å². The van der Waals surface area contributed by atoms with Crippen LogP contribution in [0, 0.1) is 17.3 Å². The molecule has 0 aromatic heterocycles. The van der Waals surface area contributed by atoms with E-state index in [1.807, 2.05) is 19.1 Å². The summed E-state index contributed by atoms with van der Waals surface area (Å²) in [6.45, 7) is 1.93. The molecule has 2 rings (SSSR count). The van der Waals surface area contributed by atoms with E-state index >= 15 is 0 Å². The minimum Gasteiger partial charge on any atom is -0.468 e. The van der Waals surface area contributed by atoms with Crippen LogP contribution >= 0.6 is 0 Å². The first-order valence-electron chi connectivity index (χ1n) is 6.58. The normalized spacial score (nSPS) is 34.7. The standard InChI is InChI=1S/C15H20O5/c1-10-6-5-7-11-14(10,13(17)18-2)9-8-12(16)15(11,19-3)20-4/h5-6,8-11H,7H2,1-4H3/t10-,11+,14+/m1/s1. The van der Waals surface area contributed by atoms with Crippen molar-refractivity contribution in [2.45, 2.75) is 19.1 Å². The lowest BCUT2D eigenvalue weighted by Crippen LogP contribution is -2.61. The van der Waals surface area contributed by atoms with Gasteiger partial charge in [-0.25, -0.2) is 0 Å². The largest absolute Gasteiger partial charge is 0.468 e. The molecule has 0 aromatic rings. The number of fused-ring (bicyclic) bond motifs is 1. The molecule has 0 heterocycles. The van der Waals surface area contributed by atoms with Crippen LogP contribution < -0.4 is 0 Å². The third-order valence-corrected chi connectivity index (χ3v) is 4.58. The van der Waals surface area contributed by atoms with Gasteiger partial charge in [0.1, 0.15) is 5.41 Å². The van der Waals surface area contributed by atoms with Gasteiger partial charge in [-0.3, -0.25) is 9.59 Å². The summed E-state index contributed by atoms with van der Waals surface area (Å²) >= 11 is 0. The van der Waals surface area contributed by atoms with Gasteiger partial charge in [-0.05, 0) is 18.4 Å². The molecule has 0 bridgehead atoms. The molecule has 5 nitrogen and oxygen atoms in total. The van der Waals surface area contributed by atoms with Gasteiger partial charge in [-0.15, -0.1) is 0 Å². The van der Waals surface area contributed by atoms with Gasteiger partial charge in [-0.2, -0.15) is 0 Å². The molecule has 0 spiro atoms. The molecule has 0 saturated carbocycles. The molecule has 0 fully saturated rings. The van der Waals surface area contributed by atoms with E-state index in [2.05, 4.69) is 0 Å². The average Bonchev–Trinajstić information content (AvgIpc) is 2.47. The van der Waals surface area contributed by atoms with E-state index in [4.69, 9.17) is 14.2 Å². The van der Waals surface area contributed by atoms with Crippen molar-refractivity contribution in [2.24, 2.45) is 17.3 Å². The van der Waals surface area contributed by atoms with Gasteiger partial charge < -0.3 is 14.2 Å². The predicted octanol–water partition coefficient (Wildman–Crippen LogP) is 1.49. The molecule has 0 radical (unpaired) electrons. The fraction of sp³-hybridized carbons (Fsp3) is 0.600. The Labute approximate surface area is 118 Å². The summed E-state index contributed by atoms with van der Waals surface area (Å²) in [4.78, 5) is 24.7. The smallest absolute Gasteiger partial charge is 0.316 e. The highest BCUT2D eigenvalue weighted by Crippen LogP contribution is 2.53. The van der Waals surface area contributed by atoms with Crippen LogP contribution in [0.3, 0.4) is 0 Å². The first-order valence-corrected chi connectivity index (χ1v) is 6.58. The molecule has 110 valence electrons. The maximum absolute atomic E-state index is 12.4. The molecule has 5 heteroatoms. The lowest BCUT2D eigenvalue weighted by atomic mass is 9.57. The summed E-state index contributed by atoms with van der Waals surface area (Å²) in [5.41, 5.74) is -0.941. The number of methoxy groups -OCH3 is 3. The summed E-state index contributed by atoms with van der Waals surface area (Å²) in [5.74, 6) is -2.66. The van der Waals surface area contributed by atoms with Crippen molar-refractivity contribution < 1.29 is 23.8 Å². The SMILES string of the molecule is COC(=O)[C@]12C=CC(=O)C(OC)(OC)[C@H]1CC=C[C@H]2C. The number of carbonyl (C=O) groups excluding carboxylic acids is 2. The molecule has 20 heavy (non-hydrogen) atoms. The monoisotopic (exact) mass is 280 g/mol. The van der Waals surface area contributed by atoms with Crippen molar-refractivity contribution in [3.05, 3.63) is 24.3 Å². The fourth-order valence-electron chi connectivity index (χ4n) is 3.47. The number of rotatable bonds is 3. The first kappa shape index (κ1) is 14.9. The highest BCUT2D eigenvalue weighted by atomic mass is 16.7. The lowest BCUT2D eigenvalue weighted by molar-refractivity contribution is -0.248. The molecule has 0 amide bonds. The molecule has 0 aliphatic heterocycles. The van der Waals surface area contributed by atoms with Gasteiger partial charge in [-0.1, -0.05) is 25.2 Å². The zero-order valence-corrected chi connectivity index (χ0v) is 12.2. The Balaban J connectivity index is 2.66. The Morgan fingerprint density at radius 1 is 1.30 bits per heavy atom. The Bertz CT molecular complexity index is 475. The Kier molecular flexibility index (Phi) is 3.84. The lowest BCUT2D eigenvalue weighted by Gasteiger charge is -2.50. The summed E-state index contributed by atoms with van der Waals surface area (Å²) in [7, 11) is 4.20. The highest BCUT2D eigenvalue weighted by Gasteiger charge is 2.63. The van der Waals surface area contributed by atoms with Gasteiger partial charge in [0.25, 0.3) is 0 Å². The second-order valence-electron chi connectivity index (χ2n) is 5.20. The second-order valence-corrected chi connectivity index (χ2v) is 5.20. The van der Waals surface area contributed by atoms with Gasteiger partial charge in [0, 0.05) is 20.1 Å². The van der Waals surface area contributed by atoms with Crippen molar-refractivity contribution >= 4 is 11.8 Å². The van der Waals surface area contributed by atoms with E-state index in [0.717, 1.165) is 0 Å². The summed E-state index contributed by atoms with van der Waals surface area (Å²) in [6, 6.07) is 0. The summed E-state index contributed by atoms with van der Waals surface area (Å²) in [5, 5.41) is 0. The van der Waals surface area contributed by atoms with Crippen LogP contribution in [0.5, 0.6) is 0 Å². The zero-order chi connectivity index (χ0) is 15.0. The van der Waals surface area contributed by atoms with Gasteiger partial charge in [0.2, 0.25) is 11.6 Å². The second kappa shape index (κ2) is 5.14. The average molecular weight is 280 g/mol. The van der Waals surface area contributed by atoms with Gasteiger partial charge >= 0.3 is 5.97 Å². The number of ketones is 1. The number of carbonyl (C=O) groups is 2. The minimum atomic E-state index is -1.44. The van der Waals surface area contributed by atoms with Crippen LogP contribution in [0.15, 0.2) is 24.3 Å². The van der Waals surface area contributed by atoms with Crippen molar-refractivity contribution in [3.8, 4) is 0 Å². The molecule has 0 unspecified atom stereocenters. The van der Waals surface area contributed by atoms with Crippen LogP contribution in [0.25, 0.3) is 0 Å². The maximum Gasteiger partial charge on any atom is 0.316 e. The van der Waals surface area contributed by atoms with Crippen LogP contribution in [-0.4, -0.2) is 38.9 Å². The van der Waals surface area contributed by atoms with Crippen LogP contribution in [-0.2, 0) is 23.8 Å². The topological polar surface area (TPSA) is 61.8 Å². The summed E-state index contributed by atoms with van der Waals surface area (Å²) < 4.78 is 15.8. The van der Waals surface area contributed by atoms with Gasteiger partial charge in [0.15, 0.2) is 0 Å². The molecule has 3 atom stereocenters. The quantitative estimate of drug-likeness (QED) is 0.445. The highest BCUT2D eigenvalue weighted by molar-refractivity contribution is 6.00. The van der Waals surface area contributed by atoms with Crippen molar-refractivity contribution in [3.63, 3.8) is 0 Å². The number of esters is 1. The number of hydrogen-bond acceptors (Lipinski definition) is 5. The van der Waals surface area contributed by atoms with Crippen molar-refractivity contribution in [1.82, 2.24) is 0 Å². The van der Waals surface area contributed by atoms with E-state index in [9.17, 15) is 9.59 Å². The minimum absolute atomic E-state index is 0.109. The first-order chi connectivity index (χ1) is 9.49. The molecule has 0 saturated heterocycles. The van der Waals surface area contributed by atoms with E-state index in [1.165, 1.54) is 27.4 Å². The Morgan fingerprint density at radius 3 is 2.50 bits per heavy atom. The number of allylic oxidation sites excluding steroid dienone is 2. The van der Waals surface area contributed by atoms with Crippen LogP contribution in [0.4, 0.5) is 0 Å². The van der Waals surface area contributed by atoms with Crippen molar-refractivity contribution in [1.29, 1.82) is 0 Å². The Hall–Kier alpha value is -1.46. The molecule has 2 aliphatic carbocycles. The summed E-state index contributed by atoms with van der Waals surface area (Å²) in [6.07, 6.45) is 7.45. The molecule has 0 aromatic carbocycles. The molecular formula is C15H20O5. The fourth-order valence-corrected chi connectivity index (χ4v) is 3.47. The van der Waals surface area contributed by atoms with E-state index in [1.54, 1.807) is 6.08 Å². The van der Waals surface area contributed by atoms with Gasteiger partial charge in [0.05, 0.1) is 7.11 Å². The van der Waals surface area contributed by atoms with Crippen LogP contribution in [0.2, 0.25) is 0 Å². The van der Waals surface area contributed by atoms with Crippen LogP contribution in [0.1, 0.15) is 13.3 Å². The van der Waals surface area contributed by atoms with E-state index in [0.29, 0.717) is 6.42 Å². The number of ether oxygens (including phenoxy) is 3. The molecule has 2 aliphatic rings. The third kappa shape index (κ3) is 1.70. The molecule has 0 N–H and O–H groups in total. The van der Waals surface area contributed by atoms with E-state index in [-0.39, 0.29) is 17.7 Å². The zero-order valence-electron chi connectivity index (χ0n) is 12.2.